The van der Waals surface area contributed by atoms with Gasteiger partial charge in [0.05, 0.1) is 0 Å². The molecule has 0 radical (unpaired) electrons. The van der Waals surface area contributed by atoms with Crippen molar-refractivity contribution >= 4 is 0 Å². The maximum absolute atomic E-state index is 3.52. The molecule has 0 atom stereocenters. The van der Waals surface area contributed by atoms with Gasteiger partial charge in [-0.2, -0.15) is 0 Å². The monoisotopic (exact) mass is 104 g/mol. The van der Waals surface area contributed by atoms with Crippen LogP contribution in [0.25, 0.3) is 0 Å². The zero-order valence-electron chi connectivity index (χ0n) is 4.78. The summed E-state index contributed by atoms with van der Waals surface area (Å²) in [7, 11) is 0. The summed E-state index contributed by atoms with van der Waals surface area (Å²) in [6.45, 7) is 6.84. The Labute approximate surface area is 49.8 Å². The molecule has 0 aliphatic heterocycles. The lowest BCUT2D eigenvalue weighted by Crippen LogP contribution is -1.46. The van der Waals surface area contributed by atoms with E-state index in [1.165, 1.54) is 0 Å². The predicted octanol–water partition coefficient (Wildman–Crippen LogP) is 2.21. The van der Waals surface area contributed by atoms with Crippen LogP contribution >= 0.6 is 0 Å². The van der Waals surface area contributed by atoms with Gasteiger partial charge in [0.2, 0.25) is 0 Å². The van der Waals surface area contributed by atoms with Gasteiger partial charge < -0.3 is 0 Å². The molecule has 0 bridgehead atoms. The molecule has 0 N–H and O–H groups in total. The Balaban J connectivity index is 3.82. The van der Waals surface area contributed by atoms with Crippen molar-refractivity contribution in [1.82, 2.24) is 0 Å². The summed E-state index contributed by atoms with van der Waals surface area (Å²) in [5.41, 5.74) is 7.73. The van der Waals surface area contributed by atoms with E-state index in [0.717, 1.165) is 6.42 Å². The van der Waals surface area contributed by atoms with E-state index in [1.807, 2.05) is 6.08 Å². The average molecular weight is 104 g/mol. The van der Waals surface area contributed by atoms with Gasteiger partial charge in [0, 0.05) is 0 Å². The fourth-order valence-electron chi connectivity index (χ4n) is 0.244. The van der Waals surface area contributed by atoms with Crippen LogP contribution in [0.3, 0.4) is 0 Å². The molecule has 0 nitrogen and oxygen atoms in total. The highest BCUT2D eigenvalue weighted by Crippen LogP contribution is 1.76. The van der Waals surface area contributed by atoms with Crippen LogP contribution in [0, 0.1) is 0 Å². The molecule has 0 aliphatic rings. The summed E-state index contributed by atoms with van der Waals surface area (Å²) >= 11 is 0. The lowest BCUT2D eigenvalue weighted by molar-refractivity contribution is 1.42. The van der Waals surface area contributed by atoms with Crippen molar-refractivity contribution in [2.24, 2.45) is 0 Å². The van der Waals surface area contributed by atoms with Crippen molar-refractivity contribution in [3.63, 3.8) is 0 Å². The molecule has 0 aliphatic carbocycles. The largest absolute Gasteiger partial charge is 0.103 e. The van der Waals surface area contributed by atoms with Gasteiger partial charge in [-0.1, -0.05) is 17.5 Å². The van der Waals surface area contributed by atoms with E-state index in [9.17, 15) is 0 Å². The van der Waals surface area contributed by atoms with E-state index in [1.54, 1.807) is 6.08 Å². The van der Waals surface area contributed by atoms with Crippen molar-refractivity contribution in [1.29, 1.82) is 0 Å². The highest BCUT2D eigenvalue weighted by Gasteiger charge is 1.57. The molecule has 0 unspecified atom stereocenters. The first-order chi connectivity index (χ1) is 3.91. The van der Waals surface area contributed by atoms with Crippen molar-refractivity contribution in [2.75, 3.05) is 0 Å². The third-order valence-corrected chi connectivity index (χ3v) is 0.547. The minimum Gasteiger partial charge on any atom is -0.103 e. The van der Waals surface area contributed by atoms with Crippen molar-refractivity contribution in [2.45, 2.75) is 6.42 Å². The zero-order chi connectivity index (χ0) is 6.24. The summed E-state index contributed by atoms with van der Waals surface area (Å²) in [6, 6.07) is 0. The Morgan fingerprint density at radius 1 is 1.50 bits per heavy atom. The SMILES string of the molecule is C=C=C=C=CCC=C. The Kier molecular flexibility index (Phi) is 4.96. The second kappa shape index (κ2) is 5.82. The maximum Gasteiger partial charge on any atom is -0.00889 e. The van der Waals surface area contributed by atoms with E-state index in [0.29, 0.717) is 0 Å². The Hall–Kier alpha value is -1.18. The van der Waals surface area contributed by atoms with E-state index >= 15 is 0 Å². The number of rotatable bonds is 2. The lowest BCUT2D eigenvalue weighted by atomic mass is 10.4. The maximum atomic E-state index is 3.52. The Morgan fingerprint density at radius 2 is 2.25 bits per heavy atom. The van der Waals surface area contributed by atoms with Gasteiger partial charge in [-0.25, -0.2) is 0 Å². The van der Waals surface area contributed by atoms with Gasteiger partial charge in [-0.15, -0.1) is 6.58 Å². The van der Waals surface area contributed by atoms with Gasteiger partial charge >= 0.3 is 0 Å². The summed E-state index contributed by atoms with van der Waals surface area (Å²) in [4.78, 5) is 0. The van der Waals surface area contributed by atoms with Crippen LogP contribution in [0.5, 0.6) is 0 Å². The van der Waals surface area contributed by atoms with Crippen LogP contribution in [-0.4, -0.2) is 0 Å². The number of hydrogen-bond donors (Lipinski definition) is 0. The molecule has 0 saturated heterocycles. The topological polar surface area (TPSA) is 0 Å². The fraction of sp³-hybridized carbons (Fsp3) is 0.125. The molecule has 0 rings (SSSR count). The minimum atomic E-state index is 0.828. The molecule has 0 aromatic carbocycles. The smallest absolute Gasteiger partial charge is 0.00889 e. The lowest BCUT2D eigenvalue weighted by Gasteiger charge is -1.65. The van der Waals surface area contributed by atoms with E-state index in [-0.39, 0.29) is 0 Å². The molecule has 8 heavy (non-hydrogen) atoms. The third-order valence-electron chi connectivity index (χ3n) is 0.547. The molecule has 0 amide bonds. The molecule has 0 aromatic heterocycles. The molecule has 0 aromatic rings. The molecular weight excluding hydrogens is 96.1 g/mol. The Morgan fingerprint density at radius 3 is 2.75 bits per heavy atom. The molecule has 0 heteroatoms. The van der Waals surface area contributed by atoms with Crippen LogP contribution < -0.4 is 0 Å². The van der Waals surface area contributed by atoms with Gasteiger partial charge in [0.15, 0.2) is 0 Å². The summed E-state index contributed by atoms with van der Waals surface area (Å²) in [6.07, 6.45) is 4.43. The summed E-state index contributed by atoms with van der Waals surface area (Å²) < 4.78 is 0. The van der Waals surface area contributed by atoms with Crippen molar-refractivity contribution in [3.05, 3.63) is 42.5 Å². The highest BCUT2D eigenvalue weighted by atomic mass is 13.6. The number of hydrogen-bond acceptors (Lipinski definition) is 0. The standard InChI is InChI=1S/C8H8/c1-3-5-7-8-6-4-2/h3,7H,1-2,5H2. The molecular formula is C8H8. The summed E-state index contributed by atoms with van der Waals surface area (Å²) in [5, 5.41) is 0. The molecule has 0 heterocycles. The fourth-order valence-corrected chi connectivity index (χ4v) is 0.244. The van der Waals surface area contributed by atoms with Crippen LogP contribution in [0.2, 0.25) is 0 Å². The zero-order valence-corrected chi connectivity index (χ0v) is 4.78. The van der Waals surface area contributed by atoms with Crippen LogP contribution in [-0.2, 0) is 0 Å². The molecule has 40 valence electrons. The van der Waals surface area contributed by atoms with Crippen LogP contribution in [0.1, 0.15) is 6.42 Å². The van der Waals surface area contributed by atoms with Gasteiger partial charge in [0.1, 0.15) is 0 Å². The normalized spacial score (nSPS) is 5.50. The second-order valence-electron chi connectivity index (χ2n) is 1.17. The van der Waals surface area contributed by atoms with Crippen molar-refractivity contribution < 1.29 is 0 Å². The molecule has 0 saturated carbocycles. The number of allylic oxidation sites excluding steroid dienone is 2. The average Bonchev–Trinajstić information content (AvgIpc) is 1.81. The van der Waals surface area contributed by atoms with Crippen LogP contribution in [0.4, 0.5) is 0 Å². The highest BCUT2D eigenvalue weighted by molar-refractivity contribution is 4.88. The summed E-state index contributed by atoms with van der Waals surface area (Å²) in [5.74, 6) is 0. The molecule has 0 fully saturated rings. The predicted molar refractivity (Wildman–Crippen MR) is 35.5 cm³/mol. The van der Waals surface area contributed by atoms with Crippen LogP contribution in [0.15, 0.2) is 42.5 Å². The van der Waals surface area contributed by atoms with E-state index in [2.05, 4.69) is 30.4 Å². The first-order valence-corrected chi connectivity index (χ1v) is 2.37. The quantitative estimate of drug-likeness (QED) is 0.372. The van der Waals surface area contributed by atoms with Gasteiger partial charge in [-0.3, -0.25) is 0 Å². The second-order valence-corrected chi connectivity index (χ2v) is 1.17. The first-order valence-electron chi connectivity index (χ1n) is 2.37. The minimum absolute atomic E-state index is 0.828. The van der Waals surface area contributed by atoms with E-state index in [4.69, 9.17) is 0 Å². The molecule has 0 spiro atoms. The van der Waals surface area contributed by atoms with Crippen molar-refractivity contribution in [3.8, 4) is 0 Å². The Bertz CT molecular complexity index is 168. The van der Waals surface area contributed by atoms with Gasteiger partial charge in [-0.05, 0) is 24.8 Å². The van der Waals surface area contributed by atoms with Gasteiger partial charge in [0.25, 0.3) is 0 Å². The third kappa shape index (κ3) is 4.82. The van der Waals surface area contributed by atoms with E-state index < -0.39 is 0 Å². The first kappa shape index (κ1) is 6.82.